The van der Waals surface area contributed by atoms with E-state index in [9.17, 15) is 9.59 Å². The SMILES string of the molecule is CCCN(CC(=O)O)C(=O)NCc1cccc(C#N)c1. The predicted molar refractivity (Wildman–Crippen MR) is 72.9 cm³/mol. The van der Waals surface area contributed by atoms with Gasteiger partial charge in [0.2, 0.25) is 0 Å². The lowest BCUT2D eigenvalue weighted by molar-refractivity contribution is -0.137. The molecule has 1 rings (SSSR count). The number of aliphatic carboxylic acids is 1. The van der Waals surface area contributed by atoms with Crippen molar-refractivity contribution < 1.29 is 14.7 Å². The standard InChI is InChI=1S/C14H17N3O3/c1-2-6-17(10-13(18)19)14(20)16-9-12-5-3-4-11(7-12)8-15/h3-5,7H,2,6,9-10H2,1H3,(H,16,20)(H,18,19). The van der Waals surface area contributed by atoms with Crippen LogP contribution in [0.4, 0.5) is 4.79 Å². The van der Waals surface area contributed by atoms with Crippen molar-refractivity contribution in [2.24, 2.45) is 0 Å². The first kappa shape index (κ1) is 15.5. The summed E-state index contributed by atoms with van der Waals surface area (Å²) in [5, 5.41) is 20.2. The van der Waals surface area contributed by atoms with Gasteiger partial charge in [0.15, 0.2) is 0 Å². The van der Waals surface area contributed by atoms with Crippen LogP contribution in [0.25, 0.3) is 0 Å². The summed E-state index contributed by atoms with van der Waals surface area (Å²) in [6, 6.07) is 8.50. The van der Waals surface area contributed by atoms with Gasteiger partial charge >= 0.3 is 12.0 Å². The van der Waals surface area contributed by atoms with Crippen LogP contribution in [-0.4, -0.2) is 35.1 Å². The lowest BCUT2D eigenvalue weighted by Crippen LogP contribution is -2.42. The number of carboxylic acids is 1. The van der Waals surface area contributed by atoms with Crippen molar-refractivity contribution in [2.75, 3.05) is 13.1 Å². The zero-order valence-corrected chi connectivity index (χ0v) is 11.3. The molecule has 0 aromatic heterocycles. The molecule has 0 aliphatic heterocycles. The number of hydrogen-bond acceptors (Lipinski definition) is 3. The molecule has 0 saturated carbocycles. The Kier molecular flexibility index (Phi) is 6.04. The highest BCUT2D eigenvalue weighted by molar-refractivity contribution is 5.80. The summed E-state index contributed by atoms with van der Waals surface area (Å²) in [6.45, 7) is 2.20. The molecular weight excluding hydrogens is 258 g/mol. The van der Waals surface area contributed by atoms with Crippen LogP contribution in [0.3, 0.4) is 0 Å². The molecule has 0 atom stereocenters. The molecule has 0 unspecified atom stereocenters. The highest BCUT2D eigenvalue weighted by Crippen LogP contribution is 2.04. The van der Waals surface area contributed by atoms with E-state index in [2.05, 4.69) is 5.32 Å². The van der Waals surface area contributed by atoms with E-state index in [1.54, 1.807) is 24.3 Å². The Morgan fingerprint density at radius 1 is 1.45 bits per heavy atom. The van der Waals surface area contributed by atoms with Crippen LogP contribution in [0.15, 0.2) is 24.3 Å². The number of urea groups is 1. The Balaban J connectivity index is 2.59. The first-order chi connectivity index (χ1) is 9.56. The number of carbonyl (C=O) groups is 2. The van der Waals surface area contributed by atoms with Crippen LogP contribution in [0.2, 0.25) is 0 Å². The molecule has 1 aromatic carbocycles. The molecule has 2 N–H and O–H groups in total. The third-order valence-corrected chi connectivity index (χ3v) is 2.61. The van der Waals surface area contributed by atoms with Crippen molar-refractivity contribution in [2.45, 2.75) is 19.9 Å². The van der Waals surface area contributed by atoms with E-state index in [4.69, 9.17) is 10.4 Å². The molecule has 0 bridgehead atoms. The minimum atomic E-state index is -1.04. The van der Waals surface area contributed by atoms with Gasteiger partial charge in [-0.15, -0.1) is 0 Å². The molecule has 20 heavy (non-hydrogen) atoms. The van der Waals surface area contributed by atoms with Gasteiger partial charge in [0.1, 0.15) is 6.54 Å². The lowest BCUT2D eigenvalue weighted by Gasteiger charge is -2.20. The first-order valence-corrected chi connectivity index (χ1v) is 6.30. The Labute approximate surface area is 117 Å². The average Bonchev–Trinajstić information content (AvgIpc) is 2.44. The first-order valence-electron chi connectivity index (χ1n) is 6.30. The number of nitrogens with zero attached hydrogens (tertiary/aromatic N) is 2. The maximum atomic E-state index is 11.9. The molecule has 6 heteroatoms. The summed E-state index contributed by atoms with van der Waals surface area (Å²) in [5.74, 6) is -1.04. The second-order valence-electron chi connectivity index (χ2n) is 4.29. The molecule has 0 radical (unpaired) electrons. The molecule has 0 saturated heterocycles. The van der Waals surface area contributed by atoms with Gasteiger partial charge in [-0.25, -0.2) is 4.79 Å². The fourth-order valence-electron chi connectivity index (χ4n) is 1.73. The molecule has 0 heterocycles. The number of carboxylic acid groups (broad SMARTS) is 1. The average molecular weight is 275 g/mol. The van der Waals surface area contributed by atoms with Crippen molar-refractivity contribution in [1.82, 2.24) is 10.2 Å². The van der Waals surface area contributed by atoms with E-state index in [-0.39, 0.29) is 13.1 Å². The number of benzene rings is 1. The van der Waals surface area contributed by atoms with Crippen molar-refractivity contribution in [3.63, 3.8) is 0 Å². The highest BCUT2D eigenvalue weighted by Gasteiger charge is 2.15. The summed E-state index contributed by atoms with van der Waals surface area (Å²) in [6.07, 6.45) is 0.685. The molecule has 0 spiro atoms. The Morgan fingerprint density at radius 2 is 2.20 bits per heavy atom. The number of rotatable bonds is 6. The summed E-state index contributed by atoms with van der Waals surface area (Å²) in [7, 11) is 0. The number of hydrogen-bond donors (Lipinski definition) is 2. The van der Waals surface area contributed by atoms with Crippen LogP contribution in [-0.2, 0) is 11.3 Å². The minimum absolute atomic E-state index is 0.258. The van der Waals surface area contributed by atoms with E-state index in [1.807, 2.05) is 13.0 Å². The fraction of sp³-hybridized carbons (Fsp3) is 0.357. The second-order valence-corrected chi connectivity index (χ2v) is 4.29. The van der Waals surface area contributed by atoms with Gasteiger partial charge in [0.25, 0.3) is 0 Å². The van der Waals surface area contributed by atoms with Gasteiger partial charge in [-0.05, 0) is 24.1 Å². The summed E-state index contributed by atoms with van der Waals surface area (Å²) >= 11 is 0. The zero-order chi connectivity index (χ0) is 15.0. The Hall–Kier alpha value is -2.55. The van der Waals surface area contributed by atoms with Gasteiger partial charge in [0, 0.05) is 13.1 Å². The van der Waals surface area contributed by atoms with Crippen LogP contribution in [0.5, 0.6) is 0 Å². The largest absolute Gasteiger partial charge is 0.480 e. The second kappa shape index (κ2) is 7.79. The fourth-order valence-corrected chi connectivity index (χ4v) is 1.73. The number of nitriles is 1. The van der Waals surface area contributed by atoms with Gasteiger partial charge in [-0.3, -0.25) is 4.79 Å². The van der Waals surface area contributed by atoms with Crippen LogP contribution >= 0.6 is 0 Å². The third kappa shape index (κ3) is 4.98. The third-order valence-electron chi connectivity index (χ3n) is 2.61. The van der Waals surface area contributed by atoms with E-state index in [0.29, 0.717) is 18.5 Å². The number of nitrogens with one attached hydrogen (secondary N) is 1. The minimum Gasteiger partial charge on any atom is -0.480 e. The van der Waals surface area contributed by atoms with Crippen LogP contribution in [0, 0.1) is 11.3 Å². The summed E-state index contributed by atoms with van der Waals surface area (Å²) in [5.41, 5.74) is 1.32. The van der Waals surface area contributed by atoms with E-state index in [1.165, 1.54) is 4.90 Å². The van der Waals surface area contributed by atoms with E-state index in [0.717, 1.165) is 5.56 Å². The van der Waals surface area contributed by atoms with Gasteiger partial charge in [-0.2, -0.15) is 5.26 Å². The van der Waals surface area contributed by atoms with E-state index >= 15 is 0 Å². The molecule has 6 nitrogen and oxygen atoms in total. The molecule has 106 valence electrons. The molecular formula is C14H17N3O3. The van der Waals surface area contributed by atoms with Gasteiger partial charge in [-0.1, -0.05) is 19.1 Å². The molecule has 1 aromatic rings. The van der Waals surface area contributed by atoms with Crippen LogP contribution in [0.1, 0.15) is 24.5 Å². The van der Waals surface area contributed by atoms with Gasteiger partial charge < -0.3 is 15.3 Å². The topological polar surface area (TPSA) is 93.4 Å². The Bertz CT molecular complexity index is 523. The van der Waals surface area contributed by atoms with Gasteiger partial charge in [0.05, 0.1) is 11.6 Å². The molecule has 2 amide bonds. The summed E-state index contributed by atoms with van der Waals surface area (Å²) in [4.78, 5) is 23.8. The number of carbonyl (C=O) groups excluding carboxylic acids is 1. The highest BCUT2D eigenvalue weighted by atomic mass is 16.4. The maximum Gasteiger partial charge on any atom is 0.323 e. The zero-order valence-electron chi connectivity index (χ0n) is 11.3. The van der Waals surface area contributed by atoms with Crippen molar-refractivity contribution >= 4 is 12.0 Å². The number of amides is 2. The van der Waals surface area contributed by atoms with E-state index < -0.39 is 12.0 Å². The normalized spacial score (nSPS) is 9.60. The smallest absolute Gasteiger partial charge is 0.323 e. The van der Waals surface area contributed by atoms with Crippen LogP contribution < -0.4 is 5.32 Å². The van der Waals surface area contributed by atoms with Crippen molar-refractivity contribution in [3.05, 3.63) is 35.4 Å². The summed E-state index contributed by atoms with van der Waals surface area (Å²) < 4.78 is 0. The Morgan fingerprint density at radius 3 is 2.80 bits per heavy atom. The quantitative estimate of drug-likeness (QED) is 0.824. The van der Waals surface area contributed by atoms with Crippen molar-refractivity contribution in [3.8, 4) is 6.07 Å². The van der Waals surface area contributed by atoms with Crippen molar-refractivity contribution in [1.29, 1.82) is 5.26 Å². The lowest BCUT2D eigenvalue weighted by atomic mass is 10.1. The molecule has 0 aliphatic rings. The molecule has 0 aliphatic carbocycles. The monoisotopic (exact) mass is 275 g/mol. The molecule has 0 fully saturated rings. The predicted octanol–water partition coefficient (Wildman–Crippen LogP) is 1.56. The maximum absolute atomic E-state index is 11.9.